The van der Waals surface area contributed by atoms with Crippen molar-refractivity contribution in [3.63, 3.8) is 0 Å². The molecule has 0 aliphatic carbocycles. The molecule has 0 heterocycles. The Morgan fingerprint density at radius 3 is 1.12 bits per heavy atom. The van der Waals surface area contributed by atoms with Gasteiger partial charge in [-0.25, -0.2) is 0 Å². The van der Waals surface area contributed by atoms with Gasteiger partial charge in [0.1, 0.15) is 0 Å². The highest BCUT2D eigenvalue weighted by Gasteiger charge is 1.88. The minimum Gasteiger partial charge on any atom is -0.397 e. The zero-order chi connectivity index (χ0) is 21.3. The Morgan fingerprint density at radius 1 is 0.538 bits per heavy atom. The second-order valence-corrected chi connectivity index (χ2v) is 4.88. The van der Waals surface area contributed by atoms with Crippen molar-refractivity contribution >= 4 is 0 Å². The molecule has 5 N–H and O–H groups in total. The number of aliphatic hydroxyl groups excluding tert-OH is 5. The molecule has 0 aromatic carbocycles. The molecule has 0 aromatic heterocycles. The second kappa shape index (κ2) is 56.3. The molecule has 0 radical (unpaired) electrons. The predicted molar refractivity (Wildman–Crippen MR) is 109 cm³/mol. The highest BCUT2D eigenvalue weighted by atomic mass is 16.5. The smallest absolute Gasteiger partial charge is 0.0487 e. The Labute approximate surface area is 162 Å². The van der Waals surface area contributed by atoms with E-state index in [4.69, 9.17) is 35.0 Å². The lowest BCUT2D eigenvalue weighted by Crippen LogP contribution is -2.00. The van der Waals surface area contributed by atoms with Crippen LogP contribution in [0.1, 0.15) is 66.2 Å². The van der Waals surface area contributed by atoms with E-state index in [9.17, 15) is 0 Å². The first-order valence-electron chi connectivity index (χ1n) is 9.68. The van der Waals surface area contributed by atoms with Crippen molar-refractivity contribution < 1.29 is 35.0 Å². The Bertz CT molecular complexity index is 126. The summed E-state index contributed by atoms with van der Waals surface area (Å²) in [7, 11) is 1.70. The summed E-state index contributed by atoms with van der Waals surface area (Å²) in [4.78, 5) is 0. The Hall–Kier alpha value is -0.280. The maximum Gasteiger partial charge on any atom is 0.0487 e. The van der Waals surface area contributed by atoms with Crippen LogP contribution in [0.25, 0.3) is 0 Å². The molecule has 0 unspecified atom stereocenters. The maximum absolute atomic E-state index is 8.41. The van der Waals surface area contributed by atoms with Gasteiger partial charge >= 0.3 is 0 Å². The first kappa shape index (κ1) is 36.6. The molecule has 0 aliphatic rings. The fraction of sp³-hybridized carbons (Fsp3) is 1.00. The third-order valence-corrected chi connectivity index (χ3v) is 2.00. The van der Waals surface area contributed by atoms with Gasteiger partial charge in [-0.05, 0) is 45.4 Å². The minimum absolute atomic E-state index is 0.220. The van der Waals surface area contributed by atoms with Crippen LogP contribution in [0.3, 0.4) is 0 Å². The number of hydrogen-bond acceptors (Lipinski definition) is 7. The van der Waals surface area contributed by atoms with Gasteiger partial charge in [0.05, 0.1) is 0 Å². The van der Waals surface area contributed by atoms with Gasteiger partial charge in [0, 0.05) is 60.0 Å². The standard InChI is InChI=1S/C8H18O3.3C3H8O.C2H6O/c1-10-6-2-3-7-11-8-4-5-9;3*1-2-3-4;1-2-3/h9H,2-8H2,1H3;3*4H,2-3H2,1H3;3H,2H2,1H3. The fourth-order valence-corrected chi connectivity index (χ4v) is 0.719. The van der Waals surface area contributed by atoms with Crippen molar-refractivity contribution in [2.24, 2.45) is 0 Å². The summed E-state index contributed by atoms with van der Waals surface area (Å²) in [5, 5.41) is 39.6. The van der Waals surface area contributed by atoms with Crippen molar-refractivity contribution in [3.05, 3.63) is 0 Å². The van der Waals surface area contributed by atoms with Crippen LogP contribution >= 0.6 is 0 Å². The van der Waals surface area contributed by atoms with Crippen molar-refractivity contribution in [1.82, 2.24) is 0 Å². The molecule has 26 heavy (non-hydrogen) atoms. The van der Waals surface area contributed by atoms with Crippen LogP contribution in [0.2, 0.25) is 0 Å². The van der Waals surface area contributed by atoms with Gasteiger partial charge in [0.15, 0.2) is 0 Å². The summed E-state index contributed by atoms with van der Waals surface area (Å²) in [5.74, 6) is 0. The Kier molecular flexibility index (Phi) is 79.2. The molecule has 0 rings (SSSR count). The molecule has 0 bridgehead atoms. The zero-order valence-electron chi connectivity index (χ0n) is 18.0. The van der Waals surface area contributed by atoms with Crippen LogP contribution in [0, 0.1) is 0 Å². The second-order valence-electron chi connectivity index (χ2n) is 4.88. The van der Waals surface area contributed by atoms with Crippen LogP contribution in [-0.4, -0.2) is 85.5 Å². The SMILES string of the molecule is CCCO.CCCO.CCCO.CCO.COCCCCOCCCO. The number of unbranched alkanes of at least 4 members (excludes halogenated alkanes) is 1. The molecule has 7 nitrogen and oxygen atoms in total. The maximum atomic E-state index is 8.41. The average Bonchev–Trinajstić information content (AvgIpc) is 2.68. The third kappa shape index (κ3) is 107. The van der Waals surface area contributed by atoms with Crippen LogP contribution < -0.4 is 0 Å². The van der Waals surface area contributed by atoms with Crippen LogP contribution in [-0.2, 0) is 9.47 Å². The van der Waals surface area contributed by atoms with E-state index < -0.39 is 0 Å². The first-order valence-corrected chi connectivity index (χ1v) is 9.68. The lowest BCUT2D eigenvalue weighted by molar-refractivity contribution is 0.105. The zero-order valence-corrected chi connectivity index (χ0v) is 18.0. The average molecular weight is 389 g/mol. The van der Waals surface area contributed by atoms with Gasteiger partial charge in [-0.2, -0.15) is 0 Å². The Morgan fingerprint density at radius 2 is 0.846 bits per heavy atom. The lowest BCUT2D eigenvalue weighted by Gasteiger charge is -2.01. The molecular weight excluding hydrogens is 340 g/mol. The summed E-state index contributed by atoms with van der Waals surface area (Å²) in [6.07, 6.45) is 5.46. The number of rotatable bonds is 11. The highest BCUT2D eigenvalue weighted by molar-refractivity contribution is 4.37. The molecule has 0 fully saturated rings. The van der Waals surface area contributed by atoms with Gasteiger partial charge in [-0.15, -0.1) is 0 Å². The minimum atomic E-state index is 0.220. The fourth-order valence-electron chi connectivity index (χ4n) is 0.719. The van der Waals surface area contributed by atoms with E-state index in [0.717, 1.165) is 51.7 Å². The van der Waals surface area contributed by atoms with E-state index in [0.29, 0.717) is 26.4 Å². The van der Waals surface area contributed by atoms with E-state index in [-0.39, 0.29) is 13.2 Å². The van der Waals surface area contributed by atoms with Gasteiger partial charge in [0.2, 0.25) is 0 Å². The summed E-state index contributed by atoms with van der Waals surface area (Å²) in [6, 6.07) is 0. The predicted octanol–water partition coefficient (Wildman–Crippen LogP) is 1.98. The van der Waals surface area contributed by atoms with Crippen molar-refractivity contribution in [3.8, 4) is 0 Å². The molecule has 7 heteroatoms. The molecule has 0 spiro atoms. The molecule has 0 aromatic rings. The molecule has 0 amide bonds. The first-order chi connectivity index (χ1) is 12.6. The van der Waals surface area contributed by atoms with Gasteiger partial charge < -0.3 is 35.0 Å². The van der Waals surface area contributed by atoms with Crippen LogP contribution in [0.5, 0.6) is 0 Å². The molecule has 0 atom stereocenters. The quantitative estimate of drug-likeness (QED) is 0.343. The largest absolute Gasteiger partial charge is 0.397 e. The van der Waals surface area contributed by atoms with E-state index >= 15 is 0 Å². The summed E-state index contributed by atoms with van der Waals surface area (Å²) >= 11 is 0. The van der Waals surface area contributed by atoms with Crippen molar-refractivity contribution in [2.75, 3.05) is 60.0 Å². The van der Waals surface area contributed by atoms with Crippen molar-refractivity contribution in [1.29, 1.82) is 0 Å². The highest BCUT2D eigenvalue weighted by Crippen LogP contribution is 1.91. The normalized spacial score (nSPS) is 8.54. The van der Waals surface area contributed by atoms with Gasteiger partial charge in [-0.3, -0.25) is 0 Å². The summed E-state index contributed by atoms with van der Waals surface area (Å²) in [5.41, 5.74) is 0. The lowest BCUT2D eigenvalue weighted by atomic mass is 10.3. The number of hydrogen-bond donors (Lipinski definition) is 5. The summed E-state index contributed by atoms with van der Waals surface area (Å²) < 4.78 is 10.1. The monoisotopic (exact) mass is 388 g/mol. The number of methoxy groups -OCH3 is 1. The van der Waals surface area contributed by atoms with Gasteiger partial charge in [0.25, 0.3) is 0 Å². The summed E-state index contributed by atoms with van der Waals surface area (Å²) in [6.45, 7) is 11.2. The molecule has 0 aliphatic heterocycles. The molecule has 0 saturated heterocycles. The third-order valence-electron chi connectivity index (χ3n) is 2.00. The van der Waals surface area contributed by atoms with E-state index in [1.807, 2.05) is 20.8 Å². The molecular formula is C19H48O7. The topological polar surface area (TPSA) is 120 Å². The van der Waals surface area contributed by atoms with Gasteiger partial charge in [-0.1, -0.05) is 20.8 Å². The Balaban J connectivity index is -0.0000000814. The molecule has 0 saturated carbocycles. The van der Waals surface area contributed by atoms with E-state index in [1.165, 1.54) is 0 Å². The van der Waals surface area contributed by atoms with E-state index in [1.54, 1.807) is 14.0 Å². The number of aliphatic hydroxyl groups is 5. The van der Waals surface area contributed by atoms with Crippen molar-refractivity contribution in [2.45, 2.75) is 66.2 Å². The molecule has 166 valence electrons. The van der Waals surface area contributed by atoms with E-state index in [2.05, 4.69) is 0 Å². The van der Waals surface area contributed by atoms with Crippen LogP contribution in [0.15, 0.2) is 0 Å². The van der Waals surface area contributed by atoms with Crippen LogP contribution in [0.4, 0.5) is 0 Å². The number of ether oxygens (including phenoxy) is 2.